The monoisotopic (exact) mass is 336 g/mol. The van der Waals surface area contributed by atoms with E-state index in [-0.39, 0.29) is 0 Å². The highest BCUT2D eigenvalue weighted by molar-refractivity contribution is 5.80. The van der Waals surface area contributed by atoms with Crippen LogP contribution in [0, 0.1) is 20.8 Å². The molecule has 7 nitrogen and oxygen atoms in total. The number of hydrazone groups is 1. The Bertz CT molecular complexity index is 898. The van der Waals surface area contributed by atoms with Crippen molar-refractivity contribution in [3.8, 4) is 11.7 Å². The molecule has 128 valence electrons. The maximum absolute atomic E-state index is 5.14. The Balaban J connectivity index is 1.78. The summed E-state index contributed by atoms with van der Waals surface area (Å²) in [6, 6.07) is 11.4. The van der Waals surface area contributed by atoms with Crippen LogP contribution < -0.4 is 10.2 Å². The third-order valence-corrected chi connectivity index (χ3v) is 3.55. The molecule has 1 N–H and O–H groups in total. The SMILES string of the molecule is COc1ccc(/C=N\Nc2cc(C)nc(-n3nc(C)cc3C)n2)cc1. The first-order chi connectivity index (χ1) is 12.0. The summed E-state index contributed by atoms with van der Waals surface area (Å²) in [4.78, 5) is 8.93. The molecular formula is C18H20N6O. The van der Waals surface area contributed by atoms with Crippen molar-refractivity contribution in [1.29, 1.82) is 0 Å². The first kappa shape index (κ1) is 16.6. The fourth-order valence-corrected chi connectivity index (χ4v) is 2.40. The maximum atomic E-state index is 5.14. The van der Waals surface area contributed by atoms with Gasteiger partial charge in [-0.3, -0.25) is 5.43 Å². The Morgan fingerprint density at radius 1 is 1.04 bits per heavy atom. The minimum atomic E-state index is 0.521. The van der Waals surface area contributed by atoms with E-state index >= 15 is 0 Å². The molecule has 0 radical (unpaired) electrons. The summed E-state index contributed by atoms with van der Waals surface area (Å²) in [6.45, 7) is 5.83. The largest absolute Gasteiger partial charge is 0.497 e. The lowest BCUT2D eigenvalue weighted by Crippen LogP contribution is -2.08. The molecule has 0 fully saturated rings. The second kappa shape index (κ2) is 7.12. The number of ether oxygens (including phenoxy) is 1. The number of anilines is 1. The highest BCUT2D eigenvalue weighted by atomic mass is 16.5. The Hall–Kier alpha value is -3.22. The molecule has 0 saturated carbocycles. The van der Waals surface area contributed by atoms with Crippen LogP contribution in [0.5, 0.6) is 5.75 Å². The van der Waals surface area contributed by atoms with Crippen molar-refractivity contribution in [3.63, 3.8) is 0 Å². The van der Waals surface area contributed by atoms with Crippen LogP contribution in [0.1, 0.15) is 22.6 Å². The van der Waals surface area contributed by atoms with E-state index in [0.717, 1.165) is 28.4 Å². The van der Waals surface area contributed by atoms with Crippen molar-refractivity contribution < 1.29 is 4.74 Å². The zero-order valence-electron chi connectivity index (χ0n) is 14.7. The average molecular weight is 336 g/mol. The zero-order valence-corrected chi connectivity index (χ0v) is 14.7. The molecule has 25 heavy (non-hydrogen) atoms. The Morgan fingerprint density at radius 3 is 2.44 bits per heavy atom. The maximum Gasteiger partial charge on any atom is 0.253 e. The molecule has 0 aliphatic heterocycles. The highest BCUT2D eigenvalue weighted by Gasteiger charge is 2.08. The summed E-state index contributed by atoms with van der Waals surface area (Å²) >= 11 is 0. The van der Waals surface area contributed by atoms with E-state index < -0.39 is 0 Å². The number of aryl methyl sites for hydroxylation is 3. The van der Waals surface area contributed by atoms with Crippen LogP contribution in [0.4, 0.5) is 5.82 Å². The molecule has 0 aliphatic carbocycles. The number of benzene rings is 1. The fraction of sp³-hybridized carbons (Fsp3) is 0.222. The smallest absolute Gasteiger partial charge is 0.253 e. The van der Waals surface area contributed by atoms with Crippen molar-refractivity contribution in [2.24, 2.45) is 5.10 Å². The van der Waals surface area contributed by atoms with E-state index in [0.29, 0.717) is 11.8 Å². The van der Waals surface area contributed by atoms with Crippen LogP contribution in [0.15, 0.2) is 41.5 Å². The third kappa shape index (κ3) is 4.00. The van der Waals surface area contributed by atoms with Gasteiger partial charge in [0, 0.05) is 17.5 Å². The van der Waals surface area contributed by atoms with E-state index in [9.17, 15) is 0 Å². The summed E-state index contributed by atoms with van der Waals surface area (Å²) in [5, 5.41) is 8.66. The average Bonchev–Trinajstić information content (AvgIpc) is 2.93. The van der Waals surface area contributed by atoms with Gasteiger partial charge < -0.3 is 4.74 Å². The number of aromatic nitrogens is 4. The van der Waals surface area contributed by atoms with Gasteiger partial charge in [0.1, 0.15) is 5.75 Å². The summed E-state index contributed by atoms with van der Waals surface area (Å²) in [6.07, 6.45) is 1.72. The molecule has 0 unspecified atom stereocenters. The summed E-state index contributed by atoms with van der Waals surface area (Å²) in [5.41, 5.74) is 6.64. The fourth-order valence-electron chi connectivity index (χ4n) is 2.40. The number of hydrogen-bond acceptors (Lipinski definition) is 6. The molecule has 0 atom stereocenters. The highest BCUT2D eigenvalue weighted by Crippen LogP contribution is 2.13. The Morgan fingerprint density at radius 2 is 1.80 bits per heavy atom. The molecule has 2 heterocycles. The number of rotatable bonds is 5. The van der Waals surface area contributed by atoms with Crippen molar-refractivity contribution in [1.82, 2.24) is 19.7 Å². The van der Waals surface area contributed by atoms with Gasteiger partial charge in [-0.25, -0.2) is 9.67 Å². The lowest BCUT2D eigenvalue weighted by Gasteiger charge is -2.06. The molecule has 2 aromatic heterocycles. The molecule has 1 aromatic carbocycles. The van der Waals surface area contributed by atoms with E-state index in [1.807, 2.05) is 57.2 Å². The molecule has 0 aliphatic rings. The predicted octanol–water partition coefficient (Wildman–Crippen LogP) is 3.04. The molecule has 3 rings (SSSR count). The van der Waals surface area contributed by atoms with Crippen molar-refractivity contribution in [2.45, 2.75) is 20.8 Å². The van der Waals surface area contributed by atoms with Crippen LogP contribution in [-0.2, 0) is 0 Å². The van der Waals surface area contributed by atoms with Crippen LogP contribution in [0.2, 0.25) is 0 Å². The van der Waals surface area contributed by atoms with Crippen molar-refractivity contribution in [3.05, 3.63) is 59.0 Å². The van der Waals surface area contributed by atoms with E-state index in [4.69, 9.17) is 4.74 Å². The molecule has 3 aromatic rings. The number of methoxy groups -OCH3 is 1. The first-order valence-electron chi connectivity index (χ1n) is 7.87. The van der Waals surface area contributed by atoms with Gasteiger partial charge >= 0.3 is 0 Å². The summed E-state index contributed by atoms with van der Waals surface area (Å²) < 4.78 is 6.86. The molecule has 0 saturated heterocycles. The van der Waals surface area contributed by atoms with Gasteiger partial charge in [0.05, 0.1) is 19.0 Å². The summed E-state index contributed by atoms with van der Waals surface area (Å²) in [7, 11) is 1.64. The molecule has 7 heteroatoms. The van der Waals surface area contributed by atoms with Crippen molar-refractivity contribution >= 4 is 12.0 Å². The lowest BCUT2D eigenvalue weighted by molar-refractivity contribution is 0.415. The van der Waals surface area contributed by atoms with Gasteiger partial charge in [-0.05, 0) is 56.7 Å². The van der Waals surface area contributed by atoms with Gasteiger partial charge in [-0.15, -0.1) is 0 Å². The zero-order chi connectivity index (χ0) is 17.8. The van der Waals surface area contributed by atoms with Gasteiger partial charge in [0.15, 0.2) is 5.82 Å². The van der Waals surface area contributed by atoms with Crippen LogP contribution in [-0.4, -0.2) is 33.1 Å². The first-order valence-corrected chi connectivity index (χ1v) is 7.87. The van der Waals surface area contributed by atoms with Gasteiger partial charge in [0.2, 0.25) is 0 Å². The molecular weight excluding hydrogens is 316 g/mol. The molecule has 0 bridgehead atoms. The van der Waals surface area contributed by atoms with Gasteiger partial charge in [0.25, 0.3) is 5.95 Å². The minimum Gasteiger partial charge on any atom is -0.497 e. The second-order valence-corrected chi connectivity index (χ2v) is 5.68. The Labute approximate surface area is 146 Å². The topological polar surface area (TPSA) is 77.2 Å². The predicted molar refractivity (Wildman–Crippen MR) is 97.6 cm³/mol. The number of nitrogens with zero attached hydrogens (tertiary/aromatic N) is 5. The lowest BCUT2D eigenvalue weighted by atomic mass is 10.2. The third-order valence-electron chi connectivity index (χ3n) is 3.55. The van der Waals surface area contributed by atoms with E-state index in [2.05, 4.69) is 25.6 Å². The minimum absolute atomic E-state index is 0.521. The van der Waals surface area contributed by atoms with Gasteiger partial charge in [-0.1, -0.05) is 0 Å². The van der Waals surface area contributed by atoms with E-state index in [1.54, 1.807) is 18.0 Å². The quantitative estimate of drug-likeness (QED) is 0.572. The van der Waals surface area contributed by atoms with Crippen LogP contribution in [0.25, 0.3) is 5.95 Å². The van der Waals surface area contributed by atoms with Crippen LogP contribution >= 0.6 is 0 Å². The van der Waals surface area contributed by atoms with Crippen LogP contribution in [0.3, 0.4) is 0 Å². The normalized spacial score (nSPS) is 11.0. The Kier molecular flexibility index (Phi) is 4.74. The van der Waals surface area contributed by atoms with Gasteiger partial charge in [-0.2, -0.15) is 15.2 Å². The van der Waals surface area contributed by atoms with Crippen molar-refractivity contribution in [2.75, 3.05) is 12.5 Å². The number of nitrogens with one attached hydrogen (secondary N) is 1. The second-order valence-electron chi connectivity index (χ2n) is 5.68. The van der Waals surface area contributed by atoms with E-state index in [1.165, 1.54) is 0 Å². The summed E-state index contributed by atoms with van der Waals surface area (Å²) in [5.74, 6) is 1.94. The standard InChI is InChI=1S/C18H20N6O/c1-12-10-17(21-18(20-12)24-14(3)9-13(2)23-24)22-19-11-15-5-7-16(25-4)8-6-15/h5-11H,1-4H3,(H,20,21,22)/b19-11-. The molecule has 0 spiro atoms. The number of hydrogen-bond donors (Lipinski definition) is 1. The molecule has 0 amide bonds.